The van der Waals surface area contributed by atoms with Crippen LogP contribution in [0, 0.1) is 0 Å². The molecule has 0 atom stereocenters. The Kier molecular flexibility index (Phi) is 5.61. The van der Waals surface area contributed by atoms with Crippen molar-refractivity contribution in [2.24, 2.45) is 0 Å². The van der Waals surface area contributed by atoms with Crippen LogP contribution in [0.4, 0.5) is 0 Å². The maximum atomic E-state index is 12.2. The van der Waals surface area contributed by atoms with Gasteiger partial charge in [0, 0.05) is 6.54 Å². The maximum Gasteiger partial charge on any atom is 0.329 e. The molecule has 1 aromatic carbocycles. The number of carbonyl (C=O) groups excluding carboxylic acids is 1. The molecule has 0 bridgehead atoms. The van der Waals surface area contributed by atoms with Gasteiger partial charge >= 0.3 is 5.97 Å². The monoisotopic (exact) mass is 354 g/mol. The van der Waals surface area contributed by atoms with Crippen molar-refractivity contribution >= 4 is 21.9 Å². The van der Waals surface area contributed by atoms with Crippen LogP contribution in [0.15, 0.2) is 29.2 Å². The minimum Gasteiger partial charge on any atom is -0.480 e. The summed E-state index contributed by atoms with van der Waals surface area (Å²) in [6, 6.07) is 5.99. The molecule has 8 heteroatoms. The van der Waals surface area contributed by atoms with Gasteiger partial charge in [0.25, 0.3) is 0 Å². The molecular formula is C16H22N2O5S. The third-order valence-corrected chi connectivity index (χ3v) is 5.74. The number of hydrogen-bond donors (Lipinski definition) is 3. The standard InChI is InChI=1S/C16H22N2O5S/c1-2-17-24(22,23)13-7-5-12(6-8-13)11-14(19)18-16(15(20)21)9-3-4-10-16/h5-8,17H,2-4,9-11H2,1H3,(H,18,19)(H,20,21). The van der Waals surface area contributed by atoms with Crippen LogP contribution in [0.2, 0.25) is 0 Å². The number of sulfonamides is 1. The Balaban J connectivity index is 2.03. The molecule has 0 aromatic heterocycles. The van der Waals surface area contributed by atoms with Crippen LogP contribution in [-0.2, 0) is 26.0 Å². The zero-order valence-electron chi connectivity index (χ0n) is 13.5. The third kappa shape index (κ3) is 4.12. The number of carbonyl (C=O) groups is 2. The summed E-state index contributed by atoms with van der Waals surface area (Å²) < 4.78 is 26.1. The number of amides is 1. The van der Waals surface area contributed by atoms with Gasteiger partial charge in [-0.2, -0.15) is 0 Å². The number of nitrogens with one attached hydrogen (secondary N) is 2. The molecule has 1 fully saturated rings. The Labute approximate surface area is 141 Å². The van der Waals surface area contributed by atoms with Gasteiger partial charge in [0.05, 0.1) is 11.3 Å². The average Bonchev–Trinajstić information content (AvgIpc) is 2.97. The first kappa shape index (κ1) is 18.4. The van der Waals surface area contributed by atoms with Gasteiger partial charge in [0.15, 0.2) is 0 Å². The second kappa shape index (κ2) is 7.31. The van der Waals surface area contributed by atoms with E-state index in [0.717, 1.165) is 12.8 Å². The van der Waals surface area contributed by atoms with E-state index in [1.54, 1.807) is 19.1 Å². The quantitative estimate of drug-likeness (QED) is 0.677. The van der Waals surface area contributed by atoms with Gasteiger partial charge in [-0.1, -0.05) is 31.9 Å². The van der Waals surface area contributed by atoms with Gasteiger partial charge in [-0.15, -0.1) is 0 Å². The molecule has 0 unspecified atom stereocenters. The van der Waals surface area contributed by atoms with E-state index in [9.17, 15) is 23.1 Å². The summed E-state index contributed by atoms with van der Waals surface area (Å²) >= 11 is 0. The third-order valence-electron chi connectivity index (χ3n) is 4.18. The summed E-state index contributed by atoms with van der Waals surface area (Å²) in [5, 5.41) is 12.0. The Bertz CT molecular complexity index is 706. The number of benzene rings is 1. The van der Waals surface area contributed by atoms with Crippen molar-refractivity contribution in [1.29, 1.82) is 0 Å². The molecule has 24 heavy (non-hydrogen) atoms. The number of rotatable bonds is 7. The fraction of sp³-hybridized carbons (Fsp3) is 0.500. The summed E-state index contributed by atoms with van der Waals surface area (Å²) in [5.41, 5.74) is -0.535. The first-order chi connectivity index (χ1) is 11.3. The van der Waals surface area contributed by atoms with E-state index in [2.05, 4.69) is 10.0 Å². The minimum absolute atomic E-state index is 0.0105. The van der Waals surface area contributed by atoms with E-state index in [0.29, 0.717) is 24.9 Å². The predicted molar refractivity (Wildman–Crippen MR) is 88.0 cm³/mol. The SMILES string of the molecule is CCNS(=O)(=O)c1ccc(CC(=O)NC2(C(=O)O)CCCC2)cc1. The highest BCUT2D eigenvalue weighted by atomic mass is 32.2. The molecule has 132 valence electrons. The van der Waals surface area contributed by atoms with Gasteiger partial charge in [0.2, 0.25) is 15.9 Å². The van der Waals surface area contributed by atoms with Gasteiger partial charge < -0.3 is 10.4 Å². The van der Waals surface area contributed by atoms with Crippen LogP contribution >= 0.6 is 0 Å². The lowest BCUT2D eigenvalue weighted by Gasteiger charge is -2.25. The van der Waals surface area contributed by atoms with E-state index in [1.807, 2.05) is 0 Å². The molecule has 2 rings (SSSR count). The van der Waals surface area contributed by atoms with Crippen molar-refractivity contribution in [1.82, 2.24) is 10.0 Å². The van der Waals surface area contributed by atoms with Crippen molar-refractivity contribution in [3.63, 3.8) is 0 Å². The average molecular weight is 354 g/mol. The number of carboxylic acids is 1. The molecule has 1 aliphatic carbocycles. The normalized spacial score (nSPS) is 16.7. The van der Waals surface area contributed by atoms with Crippen LogP contribution in [0.1, 0.15) is 38.2 Å². The molecule has 0 spiro atoms. The lowest BCUT2D eigenvalue weighted by Crippen LogP contribution is -2.52. The molecule has 0 radical (unpaired) electrons. The number of hydrogen-bond acceptors (Lipinski definition) is 4. The van der Waals surface area contributed by atoms with E-state index in [1.165, 1.54) is 12.1 Å². The van der Waals surface area contributed by atoms with Crippen LogP contribution in [0.25, 0.3) is 0 Å². The number of carboxylic acid groups (broad SMARTS) is 1. The summed E-state index contributed by atoms with van der Waals surface area (Å²) in [5.74, 6) is -1.37. The molecule has 1 aromatic rings. The Morgan fingerprint density at radius 3 is 2.25 bits per heavy atom. The first-order valence-electron chi connectivity index (χ1n) is 7.92. The molecule has 0 heterocycles. The first-order valence-corrected chi connectivity index (χ1v) is 9.40. The Morgan fingerprint density at radius 2 is 1.75 bits per heavy atom. The fourth-order valence-corrected chi connectivity index (χ4v) is 3.97. The van der Waals surface area contributed by atoms with Crippen molar-refractivity contribution in [2.75, 3.05) is 6.54 Å². The summed E-state index contributed by atoms with van der Waals surface area (Å²) in [6.07, 6.45) is 2.45. The van der Waals surface area contributed by atoms with E-state index in [-0.39, 0.29) is 17.2 Å². The van der Waals surface area contributed by atoms with Crippen molar-refractivity contribution < 1.29 is 23.1 Å². The summed E-state index contributed by atoms with van der Waals surface area (Å²) in [4.78, 5) is 23.7. The molecule has 1 aliphatic rings. The van der Waals surface area contributed by atoms with Gasteiger partial charge in [-0.05, 0) is 30.5 Å². The van der Waals surface area contributed by atoms with E-state index >= 15 is 0 Å². The minimum atomic E-state index is -3.52. The lowest BCUT2D eigenvalue weighted by molar-refractivity contribution is -0.147. The van der Waals surface area contributed by atoms with Crippen LogP contribution in [-0.4, -0.2) is 37.5 Å². The highest BCUT2D eigenvalue weighted by molar-refractivity contribution is 7.89. The van der Waals surface area contributed by atoms with Crippen molar-refractivity contribution in [3.8, 4) is 0 Å². The van der Waals surface area contributed by atoms with E-state index < -0.39 is 21.5 Å². The molecule has 0 aliphatic heterocycles. The van der Waals surface area contributed by atoms with Gasteiger partial charge in [-0.3, -0.25) is 4.79 Å². The van der Waals surface area contributed by atoms with Crippen LogP contribution < -0.4 is 10.0 Å². The second-order valence-electron chi connectivity index (χ2n) is 5.96. The highest BCUT2D eigenvalue weighted by Crippen LogP contribution is 2.30. The van der Waals surface area contributed by atoms with Gasteiger partial charge in [0.1, 0.15) is 5.54 Å². The van der Waals surface area contributed by atoms with Crippen LogP contribution in [0.5, 0.6) is 0 Å². The van der Waals surface area contributed by atoms with Crippen LogP contribution in [0.3, 0.4) is 0 Å². The highest BCUT2D eigenvalue weighted by Gasteiger charge is 2.42. The summed E-state index contributed by atoms with van der Waals surface area (Å²) in [7, 11) is -3.52. The molecule has 1 saturated carbocycles. The molecular weight excluding hydrogens is 332 g/mol. The maximum absolute atomic E-state index is 12.2. The largest absolute Gasteiger partial charge is 0.480 e. The zero-order valence-corrected chi connectivity index (χ0v) is 14.4. The van der Waals surface area contributed by atoms with E-state index in [4.69, 9.17) is 0 Å². The smallest absolute Gasteiger partial charge is 0.329 e. The summed E-state index contributed by atoms with van der Waals surface area (Å²) in [6.45, 7) is 1.99. The second-order valence-corrected chi connectivity index (χ2v) is 7.73. The molecule has 7 nitrogen and oxygen atoms in total. The molecule has 3 N–H and O–H groups in total. The fourth-order valence-electron chi connectivity index (χ4n) is 2.93. The lowest BCUT2D eigenvalue weighted by atomic mass is 9.97. The van der Waals surface area contributed by atoms with Crippen molar-refractivity contribution in [3.05, 3.63) is 29.8 Å². The zero-order chi connectivity index (χ0) is 17.8. The molecule has 1 amide bonds. The predicted octanol–water partition coefficient (Wildman–Crippen LogP) is 1.04. The Morgan fingerprint density at radius 1 is 1.17 bits per heavy atom. The number of aliphatic carboxylic acids is 1. The van der Waals surface area contributed by atoms with Gasteiger partial charge in [-0.25, -0.2) is 17.9 Å². The Hall–Kier alpha value is -1.93. The van der Waals surface area contributed by atoms with Crippen molar-refractivity contribution in [2.45, 2.75) is 49.5 Å². The molecule has 0 saturated heterocycles. The topological polar surface area (TPSA) is 113 Å².